The molecule has 0 saturated carbocycles. The van der Waals surface area contributed by atoms with E-state index >= 15 is 4.39 Å². The van der Waals surface area contributed by atoms with E-state index in [2.05, 4.69) is 10.1 Å². The smallest absolute Gasteiger partial charge is 0.264 e. The first kappa shape index (κ1) is 29.2. The van der Waals surface area contributed by atoms with Gasteiger partial charge in [-0.25, -0.2) is 17.5 Å². The van der Waals surface area contributed by atoms with E-state index in [9.17, 15) is 18.0 Å². The van der Waals surface area contributed by atoms with Gasteiger partial charge < -0.3 is 14.8 Å². The van der Waals surface area contributed by atoms with Crippen LogP contribution in [0.15, 0.2) is 53.4 Å². The van der Waals surface area contributed by atoms with Gasteiger partial charge in [-0.05, 0) is 42.5 Å². The van der Waals surface area contributed by atoms with Gasteiger partial charge in [0.15, 0.2) is 11.6 Å². The number of ether oxygens (including phenoxy) is 2. The molecule has 2 N–H and O–H groups in total. The van der Waals surface area contributed by atoms with E-state index in [-0.39, 0.29) is 48.3 Å². The molecule has 38 heavy (non-hydrogen) atoms. The predicted octanol–water partition coefficient (Wildman–Crippen LogP) is 5.08. The Labute approximate surface area is 232 Å². The lowest BCUT2D eigenvalue weighted by molar-refractivity contribution is -0.123. The van der Waals surface area contributed by atoms with Gasteiger partial charge >= 0.3 is 0 Å². The molecule has 0 spiro atoms. The molecule has 0 aromatic heterocycles. The van der Waals surface area contributed by atoms with Gasteiger partial charge in [-0.1, -0.05) is 40.9 Å². The fraction of sp³-hybridized carbons (Fsp3) is 0.125. The molecule has 14 heteroatoms. The van der Waals surface area contributed by atoms with Gasteiger partial charge in [-0.3, -0.25) is 9.59 Å². The summed E-state index contributed by atoms with van der Waals surface area (Å²) in [6, 6.07) is 12.0. The van der Waals surface area contributed by atoms with E-state index in [0.717, 1.165) is 12.1 Å². The average molecular weight is 601 g/mol. The van der Waals surface area contributed by atoms with Crippen LogP contribution in [0, 0.1) is 17.1 Å². The number of rotatable bonds is 9. The molecule has 0 unspecified atom stereocenters. The quantitative estimate of drug-likeness (QED) is 0.350. The summed E-state index contributed by atoms with van der Waals surface area (Å²) in [5, 5.41) is 11.5. The highest BCUT2D eigenvalue weighted by Gasteiger charge is 2.21. The van der Waals surface area contributed by atoms with Crippen LogP contribution in [0.3, 0.4) is 0 Å². The molecule has 0 heterocycles. The minimum Gasteiger partial charge on any atom is -0.453 e. The summed E-state index contributed by atoms with van der Waals surface area (Å²) in [7, 11) is -2.99. The highest BCUT2D eigenvalue weighted by Crippen LogP contribution is 2.35. The maximum Gasteiger partial charge on any atom is 0.264 e. The first-order chi connectivity index (χ1) is 17.9. The van der Waals surface area contributed by atoms with Crippen molar-refractivity contribution in [2.75, 3.05) is 19.0 Å². The van der Waals surface area contributed by atoms with Gasteiger partial charge in [0.2, 0.25) is 5.91 Å². The van der Waals surface area contributed by atoms with E-state index in [1.807, 2.05) is 10.8 Å². The van der Waals surface area contributed by atoms with Crippen molar-refractivity contribution in [3.05, 3.63) is 80.5 Å². The number of sulfonamides is 1. The Balaban J connectivity index is 1.76. The highest BCUT2D eigenvalue weighted by molar-refractivity contribution is 7.90. The van der Waals surface area contributed by atoms with Crippen molar-refractivity contribution in [3.8, 4) is 17.6 Å². The van der Waals surface area contributed by atoms with E-state index in [0.29, 0.717) is 0 Å². The molecule has 9 nitrogen and oxygen atoms in total. The zero-order valence-electron chi connectivity index (χ0n) is 19.3. The number of hydrogen-bond acceptors (Lipinski definition) is 7. The van der Waals surface area contributed by atoms with Crippen LogP contribution in [-0.4, -0.2) is 33.9 Å². The molecular weight excluding hydrogens is 584 g/mol. The van der Waals surface area contributed by atoms with Crippen LogP contribution in [0.4, 0.5) is 10.1 Å². The van der Waals surface area contributed by atoms with E-state index in [1.54, 1.807) is 0 Å². The van der Waals surface area contributed by atoms with Gasteiger partial charge in [0.25, 0.3) is 15.9 Å². The lowest BCUT2D eigenvalue weighted by Gasteiger charge is -2.13. The van der Waals surface area contributed by atoms with Crippen molar-refractivity contribution in [3.63, 3.8) is 0 Å². The van der Waals surface area contributed by atoms with Crippen LogP contribution in [-0.2, 0) is 30.8 Å². The van der Waals surface area contributed by atoms with Gasteiger partial charge in [0.05, 0.1) is 38.7 Å². The number of methoxy groups -OCH3 is 1. The molecule has 2 amide bonds. The second-order valence-corrected chi connectivity index (χ2v) is 10.5. The SMILES string of the molecule is COCC(=O)NS(=O)(=O)c1ccc(NC(=O)Cc2ccc(Cl)c(Oc3cc(Cl)cc(C#N)c3)c2F)c(Cl)c1. The predicted molar refractivity (Wildman–Crippen MR) is 139 cm³/mol. The Bertz CT molecular complexity index is 1560. The van der Waals surface area contributed by atoms with Crippen LogP contribution in [0.5, 0.6) is 11.5 Å². The van der Waals surface area contributed by atoms with Crippen LogP contribution >= 0.6 is 34.8 Å². The zero-order chi connectivity index (χ0) is 28.0. The molecule has 0 aliphatic heterocycles. The standard InChI is InChI=1S/C24H17Cl3FN3O6S/c1-36-12-22(33)31-38(34,35)17-3-5-20(19(27)10-17)30-21(32)8-14-2-4-18(26)24(23(14)28)37-16-7-13(11-29)6-15(25)9-16/h2-7,9-10H,8,12H2,1H3,(H,30,32)(H,31,33). The van der Waals surface area contributed by atoms with Gasteiger partial charge in [0.1, 0.15) is 12.4 Å². The summed E-state index contributed by atoms with van der Waals surface area (Å²) in [4.78, 5) is 23.8. The number of anilines is 1. The van der Waals surface area contributed by atoms with Crippen LogP contribution in [0.1, 0.15) is 11.1 Å². The lowest BCUT2D eigenvalue weighted by atomic mass is 10.1. The van der Waals surface area contributed by atoms with E-state index < -0.39 is 40.7 Å². The summed E-state index contributed by atoms with van der Waals surface area (Å²) >= 11 is 18.2. The van der Waals surface area contributed by atoms with Crippen LogP contribution < -0.4 is 14.8 Å². The fourth-order valence-electron chi connectivity index (χ4n) is 3.11. The fourth-order valence-corrected chi connectivity index (χ4v) is 4.81. The Kier molecular flexibility index (Phi) is 9.54. The van der Waals surface area contributed by atoms with Gasteiger partial charge in [-0.2, -0.15) is 5.26 Å². The summed E-state index contributed by atoms with van der Waals surface area (Å²) in [5.74, 6) is -2.78. The number of amides is 2. The summed E-state index contributed by atoms with van der Waals surface area (Å²) in [6.07, 6.45) is -0.457. The van der Waals surface area contributed by atoms with E-state index in [4.69, 9.17) is 44.8 Å². The molecule has 0 radical (unpaired) electrons. The highest BCUT2D eigenvalue weighted by atomic mass is 35.5. The lowest BCUT2D eigenvalue weighted by Crippen LogP contribution is -2.33. The number of carbonyl (C=O) groups is 2. The Morgan fingerprint density at radius 2 is 1.76 bits per heavy atom. The minimum atomic E-state index is -4.22. The van der Waals surface area contributed by atoms with Gasteiger partial charge in [0, 0.05) is 17.7 Å². The largest absolute Gasteiger partial charge is 0.453 e. The first-order valence-electron chi connectivity index (χ1n) is 10.4. The minimum absolute atomic E-state index is 0.0487. The molecule has 0 bridgehead atoms. The number of halogens is 4. The van der Waals surface area contributed by atoms with Crippen molar-refractivity contribution in [1.82, 2.24) is 4.72 Å². The third kappa shape index (κ3) is 7.34. The van der Waals surface area contributed by atoms with Gasteiger partial charge in [-0.15, -0.1) is 0 Å². The monoisotopic (exact) mass is 599 g/mol. The molecule has 3 aromatic carbocycles. The second-order valence-electron chi connectivity index (χ2n) is 7.57. The van der Waals surface area contributed by atoms with Crippen LogP contribution in [0.2, 0.25) is 15.1 Å². The Hall–Kier alpha value is -3.40. The molecule has 0 atom stereocenters. The second kappa shape index (κ2) is 12.4. The molecule has 0 saturated heterocycles. The molecule has 0 fully saturated rings. The maximum atomic E-state index is 15.2. The summed E-state index contributed by atoms with van der Waals surface area (Å²) < 4.78 is 51.7. The van der Waals surface area contributed by atoms with Crippen LogP contribution in [0.25, 0.3) is 0 Å². The number of carbonyl (C=O) groups excluding carboxylic acids is 2. The first-order valence-corrected chi connectivity index (χ1v) is 13.0. The van der Waals surface area contributed by atoms with Crippen molar-refractivity contribution >= 4 is 62.3 Å². The molecule has 0 aliphatic carbocycles. The summed E-state index contributed by atoms with van der Waals surface area (Å²) in [6.45, 7) is -0.463. The number of benzene rings is 3. The average Bonchev–Trinajstić information content (AvgIpc) is 2.84. The third-order valence-corrected chi connectivity index (χ3v) is 6.95. The van der Waals surface area contributed by atoms with Crippen molar-refractivity contribution in [1.29, 1.82) is 5.26 Å². The molecule has 0 aliphatic rings. The normalized spacial score (nSPS) is 10.9. The molecule has 198 valence electrons. The molecule has 3 rings (SSSR count). The van der Waals surface area contributed by atoms with Crippen molar-refractivity contribution in [2.45, 2.75) is 11.3 Å². The summed E-state index contributed by atoms with van der Waals surface area (Å²) in [5.41, 5.74) is 0.167. The number of nitrogens with one attached hydrogen (secondary N) is 2. The maximum absolute atomic E-state index is 15.2. The Morgan fingerprint density at radius 1 is 1.03 bits per heavy atom. The van der Waals surface area contributed by atoms with E-state index in [1.165, 1.54) is 43.5 Å². The molecule has 3 aromatic rings. The third-order valence-electron chi connectivity index (χ3n) is 4.75. The molecular formula is C24H17Cl3FN3O6S. The number of hydrogen-bond donors (Lipinski definition) is 2. The topological polar surface area (TPSA) is 135 Å². The Morgan fingerprint density at radius 3 is 2.42 bits per heavy atom. The zero-order valence-corrected chi connectivity index (χ0v) is 22.4. The van der Waals surface area contributed by atoms with Crippen molar-refractivity contribution < 1.29 is 31.9 Å². The number of nitriles is 1. The number of nitrogens with zero attached hydrogens (tertiary/aromatic N) is 1. The van der Waals surface area contributed by atoms with Crippen molar-refractivity contribution in [2.24, 2.45) is 0 Å².